The number of nitrogens with zero attached hydrogens (tertiary/aromatic N) is 13. The number of aromatic nitrogens is 15. The molecule has 0 spiro atoms. The Kier molecular flexibility index (Phi) is 23.9. The summed E-state index contributed by atoms with van der Waals surface area (Å²) in [4.78, 5) is 26.8. The van der Waals surface area contributed by atoms with Gasteiger partial charge in [-0.25, -0.2) is 9.67 Å². The van der Waals surface area contributed by atoms with Gasteiger partial charge in [0.25, 0.3) is 0 Å². The molecule has 15 N–H and O–H groups in total. The number of aliphatic imine (C=N–C) groups is 1. The van der Waals surface area contributed by atoms with Crippen molar-refractivity contribution in [3.05, 3.63) is 284 Å². The molecule has 12 heterocycles. The number of carbonyl (C=O) groups is 2. The number of carboxylic acid groups (broad SMARTS) is 1. The van der Waals surface area contributed by atoms with E-state index in [2.05, 4.69) is 198 Å². The SMILES string of the molecule is C=C/C=C\C=C.Cc1[nH]ncc1C(=CC=O)NC1=CC2C=NNC2C=C1.Cc1[nH]ncc1C(=Nc1ccc2[nH]nc(C3=CN(CC(=O)O)NN3)c2c1)C1=CCCCC1.Cc1[nH]ncc1C1C=C(Oc2ccc(Br)cc2)c2c(ccc3[nH]ncc23)N1.Cc1[nH]ncc1C1NC2=C(C3=C1CCCC3)C1C(c3cn(CCO)nn3)=NNC1C=C2. The predicted octanol–water partition coefficient (Wildman–Crippen LogP) is 12.3. The van der Waals surface area contributed by atoms with Gasteiger partial charge < -0.3 is 47.2 Å². The molecule has 0 saturated heterocycles. The summed E-state index contributed by atoms with van der Waals surface area (Å²) in [5, 5.41) is 92.8. The number of anilines is 1. The number of ether oxygens (including phenoxy) is 1. The van der Waals surface area contributed by atoms with Gasteiger partial charge in [0.1, 0.15) is 35.7 Å². The molecule has 6 unspecified atom stereocenters. The third-order valence-corrected chi connectivity index (χ3v) is 21.5. The molecular formula is C84H89BrN26O5. The lowest BCUT2D eigenvalue weighted by Gasteiger charge is -2.40. The highest BCUT2D eigenvalue weighted by atomic mass is 79.9. The molecule has 0 radical (unpaired) electrons. The average molecular weight is 1620 g/mol. The number of aliphatic carboxylic acids is 1. The topological polar surface area (TPSA) is 411 Å². The van der Waals surface area contributed by atoms with Gasteiger partial charge in [-0.05, 0) is 180 Å². The van der Waals surface area contributed by atoms with Crippen molar-refractivity contribution >= 4 is 96.2 Å². The summed E-state index contributed by atoms with van der Waals surface area (Å²) in [6, 6.07) is 18.3. The van der Waals surface area contributed by atoms with Crippen molar-refractivity contribution in [2.24, 2.45) is 27.0 Å². The number of hydrogen-bond donors (Lipinski definition) is 15. The highest BCUT2D eigenvalue weighted by molar-refractivity contribution is 9.10. The highest BCUT2D eigenvalue weighted by Crippen LogP contribution is 2.49. The normalized spacial score (nSPS) is 20.1. The van der Waals surface area contributed by atoms with Gasteiger partial charge in [0.2, 0.25) is 0 Å². The zero-order valence-corrected chi connectivity index (χ0v) is 65.9. The molecule has 116 heavy (non-hydrogen) atoms. The Labute approximate surface area is 675 Å². The smallest absolute Gasteiger partial charge is 0.324 e. The van der Waals surface area contributed by atoms with Gasteiger partial charge in [-0.1, -0.05) is 76.8 Å². The van der Waals surface area contributed by atoms with E-state index in [1.165, 1.54) is 63.9 Å². The van der Waals surface area contributed by atoms with Crippen LogP contribution in [-0.4, -0.2) is 147 Å². The van der Waals surface area contributed by atoms with E-state index in [4.69, 9.17) is 14.8 Å². The molecule has 0 fully saturated rings. The first kappa shape index (κ1) is 77.7. The number of aromatic amines is 6. The third kappa shape index (κ3) is 17.2. The molecule has 32 heteroatoms. The van der Waals surface area contributed by atoms with Crippen LogP contribution in [0.3, 0.4) is 0 Å². The fraction of sp³-hybridized carbons (Fsp3) is 0.250. The minimum atomic E-state index is -0.931. The molecule has 0 bridgehead atoms. The second kappa shape index (κ2) is 35.6. The Morgan fingerprint density at radius 1 is 0.776 bits per heavy atom. The zero-order chi connectivity index (χ0) is 80.2. The minimum Gasteiger partial charge on any atom is -0.480 e. The number of hydrazine groups is 2. The number of dihydropyridines is 1. The summed E-state index contributed by atoms with van der Waals surface area (Å²) >= 11 is 3.46. The standard InChI is InChI=1S/C22H24N8O2.C22H26N8O.C20H16BrN5O.C14H15N5O.C6H8/c1-13-17(10-23-25-13)21(14-5-3-2-4-6-14)24-15-7-8-18-16(9-15)22(28-26-18)19-11-30(29-27-19)12-20(31)32;1-12-15(10-23-25-12)21-14-5-3-2-4-13(14)19-16(24-21)6-7-17-20(19)22(28-26-17)18-11-30(8-9-31)29-27-18;1-11-14(9-22-25-11)18-8-19(27-13-4-2-12(21)3-5-13)20-15-10-23-26-16(15)6-7-17(20)24-18;1-9-12(8-16-18-9)14(4-5-20)17-11-2-3-13-10(6-11)7-15-19-13;1-3-5-6-4-2/h5,7-11,27,29H,2-4,6,12H2,1H3,(H,23,25)(H,26,28)(H,31,32);6-7,10-11,17,20-21,24,26,31H,2-5,8-9H2,1H3,(H,23,25);2-10,18,24H,1H3,(H,22,25)(H,23,26);2-8,10,13,17,19H,1H3,(H,16,18);3-6H,1-2H2/b;;;;6-5-. The number of carbonyl (C=O) groups excluding carboxylic acids is 1. The minimum absolute atomic E-state index is 0.0343. The van der Waals surface area contributed by atoms with Gasteiger partial charge in [-0.3, -0.25) is 45.2 Å². The van der Waals surface area contributed by atoms with Crippen LogP contribution in [0.1, 0.15) is 125 Å². The molecular weight excluding hydrogens is 1530 g/mol. The maximum absolute atomic E-state index is 11.0. The monoisotopic (exact) mass is 1620 g/mol. The number of benzene rings is 3. The van der Waals surface area contributed by atoms with Crippen molar-refractivity contribution in [3.63, 3.8) is 0 Å². The number of rotatable bonds is 19. The number of hydrazone groups is 2. The molecule has 9 aliphatic rings. The number of aldehydes is 1. The van der Waals surface area contributed by atoms with Crippen LogP contribution in [0.15, 0.2) is 237 Å². The first-order chi connectivity index (χ1) is 56.7. The molecule has 6 atom stereocenters. The van der Waals surface area contributed by atoms with Gasteiger partial charge in [-0.15, -0.1) is 10.6 Å². The molecule has 4 aliphatic carbocycles. The van der Waals surface area contributed by atoms with E-state index >= 15 is 0 Å². The first-order valence-corrected chi connectivity index (χ1v) is 39.1. The van der Waals surface area contributed by atoms with Gasteiger partial charge in [0.05, 0.1) is 126 Å². The van der Waals surface area contributed by atoms with E-state index in [0.29, 0.717) is 17.9 Å². The van der Waals surface area contributed by atoms with Gasteiger partial charge >= 0.3 is 5.97 Å². The van der Waals surface area contributed by atoms with E-state index < -0.39 is 5.97 Å². The third-order valence-electron chi connectivity index (χ3n) is 21.0. The van der Waals surface area contributed by atoms with E-state index in [1.54, 1.807) is 29.2 Å². The van der Waals surface area contributed by atoms with Crippen LogP contribution >= 0.6 is 15.9 Å². The van der Waals surface area contributed by atoms with Gasteiger partial charge in [-0.2, -0.15) is 40.8 Å². The molecule has 592 valence electrons. The molecule has 5 aliphatic heterocycles. The summed E-state index contributed by atoms with van der Waals surface area (Å²) in [7, 11) is 0. The van der Waals surface area contributed by atoms with E-state index in [0.717, 1.165) is 161 Å². The number of carboxylic acids is 1. The predicted molar refractivity (Wildman–Crippen MR) is 450 cm³/mol. The number of H-pyrrole nitrogens is 6. The van der Waals surface area contributed by atoms with Crippen molar-refractivity contribution in [2.75, 3.05) is 18.5 Å². The Morgan fingerprint density at radius 2 is 1.51 bits per heavy atom. The van der Waals surface area contributed by atoms with Crippen molar-refractivity contribution in [2.45, 2.75) is 110 Å². The number of fused-ring (bicyclic) bond motifs is 8. The summed E-state index contributed by atoms with van der Waals surface area (Å²) in [5.74, 6) is 0.982. The maximum atomic E-state index is 11.0. The number of aliphatic hydroxyl groups excluding tert-OH is 1. The number of hydrogen-bond acceptors (Lipinski definition) is 23. The zero-order valence-electron chi connectivity index (χ0n) is 64.3. The van der Waals surface area contributed by atoms with Crippen LogP contribution in [0.5, 0.6) is 5.75 Å². The number of halogens is 1. The second-order valence-corrected chi connectivity index (χ2v) is 29.6. The summed E-state index contributed by atoms with van der Waals surface area (Å²) in [6.07, 6.45) is 47.9. The van der Waals surface area contributed by atoms with Crippen LogP contribution < -0.4 is 42.5 Å². The number of aliphatic hydroxyl groups is 1. The summed E-state index contributed by atoms with van der Waals surface area (Å²) in [6.45, 7) is 15.2. The van der Waals surface area contributed by atoms with Crippen LogP contribution in [0.25, 0.3) is 39.0 Å². The van der Waals surface area contributed by atoms with Gasteiger partial charge in [0, 0.05) is 102 Å². The van der Waals surface area contributed by atoms with Gasteiger partial charge in [0.15, 0.2) is 0 Å². The molecule has 7 aromatic heterocycles. The fourth-order valence-electron chi connectivity index (χ4n) is 15.3. The molecule has 10 aromatic rings. The van der Waals surface area contributed by atoms with E-state index in [-0.39, 0.29) is 49.2 Å². The van der Waals surface area contributed by atoms with Crippen molar-refractivity contribution < 1.29 is 24.5 Å². The van der Waals surface area contributed by atoms with Crippen LogP contribution in [0.4, 0.5) is 11.4 Å². The number of allylic oxidation sites excluding steroid dienone is 10. The van der Waals surface area contributed by atoms with Crippen molar-refractivity contribution in [1.29, 1.82) is 0 Å². The Bertz CT molecular complexity index is 5750. The lowest BCUT2D eigenvalue weighted by molar-refractivity contribution is -0.138. The van der Waals surface area contributed by atoms with Crippen LogP contribution in [0.2, 0.25) is 0 Å². The quantitative estimate of drug-likeness (QED) is 0.0155. The molecule has 3 aromatic carbocycles. The average Bonchev–Trinajstić information content (AvgIpc) is 1.43. The Hall–Kier alpha value is -13.6. The van der Waals surface area contributed by atoms with Crippen LogP contribution in [-0.2, 0) is 16.1 Å². The number of aryl methyl sites for hydroxylation is 4. The molecule has 31 nitrogen and oxygen atoms in total. The second-order valence-electron chi connectivity index (χ2n) is 28.7. The largest absolute Gasteiger partial charge is 0.480 e. The van der Waals surface area contributed by atoms with Crippen LogP contribution in [0, 0.1) is 39.5 Å². The number of nitrogens with one attached hydrogen (secondary N) is 13. The summed E-state index contributed by atoms with van der Waals surface area (Å²) in [5.41, 5.74) is 37.4. The lowest BCUT2D eigenvalue weighted by Crippen LogP contribution is -2.40. The first-order valence-electron chi connectivity index (χ1n) is 38.3. The molecule has 0 amide bonds. The van der Waals surface area contributed by atoms with E-state index in [1.807, 2.05) is 125 Å². The summed E-state index contributed by atoms with van der Waals surface area (Å²) < 4.78 is 8.99. The maximum Gasteiger partial charge on any atom is 0.324 e. The highest BCUT2D eigenvalue weighted by Gasteiger charge is 2.44. The Morgan fingerprint density at radius 3 is 2.24 bits per heavy atom. The fourth-order valence-corrected chi connectivity index (χ4v) is 15.6. The lowest BCUT2D eigenvalue weighted by atomic mass is 9.70. The van der Waals surface area contributed by atoms with Crippen molar-refractivity contribution in [1.82, 2.24) is 114 Å². The molecule has 19 rings (SSSR count). The van der Waals surface area contributed by atoms with Crippen molar-refractivity contribution in [3.8, 4) is 5.75 Å². The van der Waals surface area contributed by atoms with E-state index in [9.17, 15) is 14.7 Å². The Balaban J connectivity index is 0.000000120. The molecule has 0 saturated carbocycles.